The van der Waals surface area contributed by atoms with Gasteiger partial charge in [-0.3, -0.25) is 0 Å². The quantitative estimate of drug-likeness (QED) is 0.578. The molecule has 0 radical (unpaired) electrons. The summed E-state index contributed by atoms with van der Waals surface area (Å²) >= 11 is 0. The third kappa shape index (κ3) is 2.86. The molecular weight excluding hydrogens is 162 g/mol. The Balaban J connectivity index is 2.90. The summed E-state index contributed by atoms with van der Waals surface area (Å²) in [6.07, 6.45) is 0. The smallest absolute Gasteiger partial charge is 0.0579 e. The van der Waals surface area contributed by atoms with E-state index in [4.69, 9.17) is 11.5 Å². The van der Waals surface area contributed by atoms with Gasteiger partial charge in [-0.25, -0.2) is 0 Å². The van der Waals surface area contributed by atoms with Crippen molar-refractivity contribution in [3.8, 4) is 0 Å². The molecule has 0 amide bonds. The summed E-state index contributed by atoms with van der Waals surface area (Å²) < 4.78 is 0. The van der Waals surface area contributed by atoms with Crippen molar-refractivity contribution in [2.75, 3.05) is 16.8 Å². The second-order valence-corrected chi connectivity index (χ2v) is 4.22. The van der Waals surface area contributed by atoms with Crippen molar-refractivity contribution < 1.29 is 0 Å². The van der Waals surface area contributed by atoms with Crippen LogP contribution in [0.1, 0.15) is 20.8 Å². The highest BCUT2D eigenvalue weighted by atomic mass is 15.0. The van der Waals surface area contributed by atoms with Crippen LogP contribution in [-0.2, 0) is 0 Å². The van der Waals surface area contributed by atoms with Gasteiger partial charge in [0, 0.05) is 11.2 Å². The van der Waals surface area contributed by atoms with Gasteiger partial charge >= 0.3 is 0 Å². The van der Waals surface area contributed by atoms with Crippen molar-refractivity contribution in [1.29, 1.82) is 0 Å². The van der Waals surface area contributed by atoms with Crippen molar-refractivity contribution in [3.63, 3.8) is 0 Å². The first-order chi connectivity index (χ1) is 5.88. The topological polar surface area (TPSA) is 64.1 Å². The van der Waals surface area contributed by atoms with Crippen LogP contribution in [0.25, 0.3) is 0 Å². The van der Waals surface area contributed by atoms with Gasteiger partial charge in [0.25, 0.3) is 0 Å². The largest absolute Gasteiger partial charge is 0.399 e. The zero-order chi connectivity index (χ0) is 10.1. The van der Waals surface area contributed by atoms with E-state index in [1.54, 1.807) is 6.07 Å². The van der Waals surface area contributed by atoms with Crippen LogP contribution in [0.15, 0.2) is 18.2 Å². The van der Waals surface area contributed by atoms with Crippen molar-refractivity contribution in [2.24, 2.45) is 0 Å². The predicted molar refractivity (Wildman–Crippen MR) is 58.6 cm³/mol. The third-order valence-corrected chi connectivity index (χ3v) is 1.59. The van der Waals surface area contributed by atoms with E-state index in [0.717, 1.165) is 5.69 Å². The van der Waals surface area contributed by atoms with E-state index >= 15 is 0 Å². The molecule has 0 aliphatic heterocycles. The molecule has 0 saturated carbocycles. The van der Waals surface area contributed by atoms with Crippen LogP contribution < -0.4 is 16.8 Å². The Morgan fingerprint density at radius 2 is 1.77 bits per heavy atom. The van der Waals surface area contributed by atoms with Crippen LogP contribution in [-0.4, -0.2) is 5.54 Å². The van der Waals surface area contributed by atoms with E-state index in [-0.39, 0.29) is 5.54 Å². The Morgan fingerprint density at radius 3 is 2.23 bits per heavy atom. The molecule has 0 unspecified atom stereocenters. The lowest BCUT2D eigenvalue weighted by Crippen LogP contribution is -2.26. The number of hydrogen-bond acceptors (Lipinski definition) is 3. The average molecular weight is 179 g/mol. The summed E-state index contributed by atoms with van der Waals surface area (Å²) in [5, 5.41) is 3.30. The number of hydrogen-bond donors (Lipinski definition) is 3. The first kappa shape index (κ1) is 9.71. The molecule has 1 aromatic rings. The Morgan fingerprint density at radius 1 is 1.15 bits per heavy atom. The molecule has 5 N–H and O–H groups in total. The normalized spacial score (nSPS) is 11.3. The van der Waals surface area contributed by atoms with Gasteiger partial charge < -0.3 is 16.8 Å². The van der Waals surface area contributed by atoms with Gasteiger partial charge in [0.2, 0.25) is 0 Å². The molecule has 1 aromatic carbocycles. The molecule has 72 valence electrons. The standard InChI is InChI=1S/C10H17N3/c1-10(2,3)13-9-5-4-7(11)6-8(9)12/h4-6,13H,11-12H2,1-3H3. The number of nitrogen functional groups attached to an aromatic ring is 2. The van der Waals surface area contributed by atoms with Gasteiger partial charge in [-0.1, -0.05) is 0 Å². The fourth-order valence-corrected chi connectivity index (χ4v) is 1.10. The lowest BCUT2D eigenvalue weighted by Gasteiger charge is -2.23. The SMILES string of the molecule is CC(C)(C)Nc1ccc(N)cc1N. The minimum atomic E-state index is 0.0181. The van der Waals surface area contributed by atoms with E-state index in [9.17, 15) is 0 Å². The maximum absolute atomic E-state index is 5.79. The fourth-order valence-electron chi connectivity index (χ4n) is 1.10. The molecule has 1 rings (SSSR count). The highest BCUT2D eigenvalue weighted by Gasteiger charge is 2.10. The van der Waals surface area contributed by atoms with Crippen LogP contribution >= 0.6 is 0 Å². The molecule has 0 bridgehead atoms. The summed E-state index contributed by atoms with van der Waals surface area (Å²) in [5.74, 6) is 0. The van der Waals surface area contributed by atoms with Gasteiger partial charge in [0.15, 0.2) is 0 Å². The molecule has 0 aromatic heterocycles. The van der Waals surface area contributed by atoms with E-state index in [2.05, 4.69) is 26.1 Å². The number of benzene rings is 1. The molecule has 0 atom stereocenters. The maximum atomic E-state index is 5.79. The molecule has 13 heavy (non-hydrogen) atoms. The highest BCUT2D eigenvalue weighted by molar-refractivity contribution is 5.71. The van der Waals surface area contributed by atoms with Crippen LogP contribution in [0.4, 0.5) is 17.1 Å². The molecule has 3 heteroatoms. The molecule has 0 aliphatic rings. The summed E-state index contributed by atoms with van der Waals surface area (Å²) in [7, 11) is 0. The van der Waals surface area contributed by atoms with Crippen LogP contribution in [0, 0.1) is 0 Å². The lowest BCUT2D eigenvalue weighted by atomic mass is 10.1. The van der Waals surface area contributed by atoms with E-state index in [1.165, 1.54) is 0 Å². The average Bonchev–Trinajstić information content (AvgIpc) is 1.93. The summed E-state index contributed by atoms with van der Waals surface area (Å²) in [5.41, 5.74) is 13.7. The second kappa shape index (κ2) is 3.17. The minimum Gasteiger partial charge on any atom is -0.399 e. The lowest BCUT2D eigenvalue weighted by molar-refractivity contribution is 0.634. The van der Waals surface area contributed by atoms with Gasteiger partial charge in [-0.2, -0.15) is 0 Å². The van der Waals surface area contributed by atoms with Gasteiger partial charge in [-0.15, -0.1) is 0 Å². The van der Waals surface area contributed by atoms with E-state index in [0.29, 0.717) is 11.4 Å². The molecule has 0 aliphatic carbocycles. The van der Waals surface area contributed by atoms with Crippen LogP contribution in [0.2, 0.25) is 0 Å². The van der Waals surface area contributed by atoms with Crippen LogP contribution in [0.3, 0.4) is 0 Å². The first-order valence-corrected chi connectivity index (χ1v) is 4.32. The number of rotatable bonds is 1. The van der Waals surface area contributed by atoms with Crippen molar-refractivity contribution in [3.05, 3.63) is 18.2 Å². The minimum absolute atomic E-state index is 0.0181. The van der Waals surface area contributed by atoms with Gasteiger partial charge in [-0.05, 0) is 39.0 Å². The van der Waals surface area contributed by atoms with Gasteiger partial charge in [0.05, 0.1) is 11.4 Å². The van der Waals surface area contributed by atoms with Crippen molar-refractivity contribution in [2.45, 2.75) is 26.3 Å². The van der Waals surface area contributed by atoms with Crippen molar-refractivity contribution >= 4 is 17.1 Å². The zero-order valence-corrected chi connectivity index (χ0v) is 8.39. The summed E-state index contributed by atoms with van der Waals surface area (Å²) in [6.45, 7) is 6.26. The Kier molecular flexibility index (Phi) is 2.36. The fraction of sp³-hybridized carbons (Fsp3) is 0.400. The number of nitrogens with two attached hydrogens (primary N) is 2. The maximum Gasteiger partial charge on any atom is 0.0579 e. The third-order valence-electron chi connectivity index (χ3n) is 1.59. The molecule has 3 nitrogen and oxygen atoms in total. The number of nitrogens with one attached hydrogen (secondary N) is 1. The zero-order valence-electron chi connectivity index (χ0n) is 8.39. The Hall–Kier alpha value is -1.38. The van der Waals surface area contributed by atoms with E-state index in [1.807, 2.05) is 12.1 Å². The number of anilines is 3. The predicted octanol–water partition coefficient (Wildman–Crippen LogP) is 2.06. The van der Waals surface area contributed by atoms with Crippen molar-refractivity contribution in [1.82, 2.24) is 0 Å². The molecule has 0 heterocycles. The Bertz CT molecular complexity index is 300. The molecular formula is C10H17N3. The second-order valence-electron chi connectivity index (χ2n) is 4.22. The van der Waals surface area contributed by atoms with Gasteiger partial charge in [0.1, 0.15) is 0 Å². The summed E-state index contributed by atoms with van der Waals surface area (Å²) in [6, 6.07) is 5.49. The summed E-state index contributed by atoms with van der Waals surface area (Å²) in [4.78, 5) is 0. The monoisotopic (exact) mass is 179 g/mol. The Labute approximate surface area is 79.1 Å². The van der Waals surface area contributed by atoms with E-state index < -0.39 is 0 Å². The molecule has 0 spiro atoms. The van der Waals surface area contributed by atoms with Crippen LogP contribution in [0.5, 0.6) is 0 Å². The molecule has 0 saturated heterocycles. The first-order valence-electron chi connectivity index (χ1n) is 4.32. The highest BCUT2D eigenvalue weighted by Crippen LogP contribution is 2.23. The molecule has 0 fully saturated rings.